The van der Waals surface area contributed by atoms with Crippen molar-refractivity contribution in [3.63, 3.8) is 0 Å². The van der Waals surface area contributed by atoms with Crippen molar-refractivity contribution in [2.45, 2.75) is 51.5 Å². The van der Waals surface area contributed by atoms with Gasteiger partial charge in [-0.1, -0.05) is 44.2 Å². The molecular weight excluding hydrogens is 300 g/mol. The van der Waals surface area contributed by atoms with E-state index in [9.17, 15) is 9.59 Å². The number of hydrogen-bond acceptors (Lipinski definition) is 3. The molecule has 2 amide bonds. The third-order valence-electron chi connectivity index (χ3n) is 3.90. The number of nitrogens with zero attached hydrogens (tertiary/aromatic N) is 1. The van der Waals surface area contributed by atoms with Crippen molar-refractivity contribution in [1.82, 2.24) is 5.32 Å². The summed E-state index contributed by atoms with van der Waals surface area (Å²) in [6.07, 6.45) is 6.14. The highest BCUT2D eigenvalue weighted by atomic mass is 35.5. The topological polar surface area (TPSA) is 49.4 Å². The largest absolute Gasteiger partial charge is 0.305 e. The van der Waals surface area contributed by atoms with Gasteiger partial charge in [-0.05, 0) is 37.2 Å². The van der Waals surface area contributed by atoms with Crippen molar-refractivity contribution in [2.75, 3.05) is 11.4 Å². The molecule has 0 radical (unpaired) electrons. The summed E-state index contributed by atoms with van der Waals surface area (Å²) >= 11 is 5.84. The van der Waals surface area contributed by atoms with Crippen LogP contribution in [0.3, 0.4) is 0 Å². The van der Waals surface area contributed by atoms with Crippen molar-refractivity contribution >= 4 is 29.1 Å². The van der Waals surface area contributed by atoms with E-state index in [0.717, 1.165) is 19.4 Å². The summed E-state index contributed by atoms with van der Waals surface area (Å²) in [5, 5.41) is 3.80. The molecule has 22 heavy (non-hydrogen) atoms. The number of carbonyl (C=O) groups is 2. The number of unbranched alkanes of at least 4 members (excludes halogenated alkanes) is 4. The summed E-state index contributed by atoms with van der Waals surface area (Å²) in [5.74, 6) is -0.323. The van der Waals surface area contributed by atoms with Gasteiger partial charge < -0.3 is 5.32 Å². The van der Waals surface area contributed by atoms with E-state index in [-0.39, 0.29) is 18.2 Å². The first kappa shape index (κ1) is 17.0. The minimum Gasteiger partial charge on any atom is -0.305 e. The lowest BCUT2D eigenvalue weighted by molar-refractivity contribution is -0.121. The van der Waals surface area contributed by atoms with Crippen LogP contribution in [0.2, 0.25) is 5.02 Å². The maximum Gasteiger partial charge on any atom is 0.251 e. The van der Waals surface area contributed by atoms with Crippen molar-refractivity contribution in [2.24, 2.45) is 0 Å². The smallest absolute Gasteiger partial charge is 0.251 e. The van der Waals surface area contributed by atoms with Gasteiger partial charge in [0.05, 0.1) is 18.2 Å². The van der Waals surface area contributed by atoms with Gasteiger partial charge in [-0.25, -0.2) is 4.90 Å². The van der Waals surface area contributed by atoms with Crippen LogP contribution in [-0.2, 0) is 9.59 Å². The van der Waals surface area contributed by atoms with E-state index in [4.69, 9.17) is 11.6 Å². The number of anilines is 1. The van der Waals surface area contributed by atoms with E-state index in [2.05, 4.69) is 12.2 Å². The summed E-state index contributed by atoms with van der Waals surface area (Å²) in [6, 6.07) is 6.38. The van der Waals surface area contributed by atoms with Gasteiger partial charge in [0, 0.05) is 5.02 Å². The molecule has 1 fully saturated rings. The first-order chi connectivity index (χ1) is 10.6. The molecule has 1 aromatic rings. The van der Waals surface area contributed by atoms with Crippen LogP contribution in [-0.4, -0.2) is 24.4 Å². The maximum absolute atomic E-state index is 12.4. The molecule has 0 spiro atoms. The Kier molecular flexibility index (Phi) is 6.40. The number of halogens is 1. The Balaban J connectivity index is 1.85. The molecule has 120 valence electrons. The zero-order chi connectivity index (χ0) is 15.9. The molecule has 1 N–H and O–H groups in total. The van der Waals surface area contributed by atoms with Gasteiger partial charge in [0.25, 0.3) is 5.91 Å². The molecule has 5 heteroatoms. The van der Waals surface area contributed by atoms with Crippen molar-refractivity contribution in [1.29, 1.82) is 0 Å². The first-order valence-electron chi connectivity index (χ1n) is 7.99. The molecule has 1 saturated heterocycles. The molecular formula is C17H23ClN2O2. The standard InChI is InChI=1S/C17H23ClN2O2/c1-2-3-4-5-6-11-19-15-12-16(21)20(17(15)22)14-9-7-13(18)8-10-14/h7-10,15,19H,2-6,11-12H2,1H3/t15-/m0/s1. The summed E-state index contributed by atoms with van der Waals surface area (Å²) in [4.78, 5) is 25.7. The molecule has 0 aromatic heterocycles. The summed E-state index contributed by atoms with van der Waals surface area (Å²) < 4.78 is 0. The lowest BCUT2D eigenvalue weighted by Gasteiger charge is -2.15. The molecule has 0 unspecified atom stereocenters. The van der Waals surface area contributed by atoms with Gasteiger partial charge in [0.1, 0.15) is 0 Å². The van der Waals surface area contributed by atoms with Gasteiger partial charge in [-0.2, -0.15) is 0 Å². The number of benzene rings is 1. The number of amides is 2. The summed E-state index contributed by atoms with van der Waals surface area (Å²) in [5.41, 5.74) is 0.589. The molecule has 4 nitrogen and oxygen atoms in total. The van der Waals surface area contributed by atoms with E-state index in [1.165, 1.54) is 24.2 Å². The third kappa shape index (κ3) is 4.31. The van der Waals surface area contributed by atoms with Crippen LogP contribution >= 0.6 is 11.6 Å². The predicted octanol–water partition coefficient (Wildman–Crippen LogP) is 3.53. The van der Waals surface area contributed by atoms with Crippen molar-refractivity contribution in [3.05, 3.63) is 29.3 Å². The zero-order valence-corrected chi connectivity index (χ0v) is 13.7. The quantitative estimate of drug-likeness (QED) is 0.588. The van der Waals surface area contributed by atoms with Crippen molar-refractivity contribution < 1.29 is 9.59 Å². The lowest BCUT2D eigenvalue weighted by atomic mass is 10.1. The molecule has 0 saturated carbocycles. The van der Waals surface area contributed by atoms with Gasteiger partial charge in [0.2, 0.25) is 5.91 Å². The zero-order valence-electron chi connectivity index (χ0n) is 13.0. The average Bonchev–Trinajstić information content (AvgIpc) is 2.78. The Morgan fingerprint density at radius 1 is 1.14 bits per heavy atom. The average molecular weight is 323 g/mol. The molecule has 1 aromatic carbocycles. The summed E-state index contributed by atoms with van der Waals surface area (Å²) in [6.45, 7) is 2.97. The molecule has 2 rings (SSSR count). The highest BCUT2D eigenvalue weighted by Crippen LogP contribution is 2.24. The number of imide groups is 1. The van der Waals surface area contributed by atoms with Gasteiger partial charge >= 0.3 is 0 Å². The Labute approximate surface area is 136 Å². The van der Waals surface area contributed by atoms with E-state index in [1.807, 2.05) is 0 Å². The number of carbonyl (C=O) groups excluding carboxylic acids is 2. The van der Waals surface area contributed by atoms with Gasteiger partial charge in [-0.15, -0.1) is 0 Å². The fourth-order valence-corrected chi connectivity index (χ4v) is 2.78. The van der Waals surface area contributed by atoms with Gasteiger partial charge in [0.15, 0.2) is 0 Å². The third-order valence-corrected chi connectivity index (χ3v) is 4.15. The fourth-order valence-electron chi connectivity index (χ4n) is 2.66. The van der Waals surface area contributed by atoms with Crippen molar-refractivity contribution in [3.8, 4) is 0 Å². The molecule has 1 atom stereocenters. The lowest BCUT2D eigenvalue weighted by Crippen LogP contribution is -2.39. The van der Waals surface area contributed by atoms with Gasteiger partial charge in [-0.3, -0.25) is 9.59 Å². The molecule has 1 aliphatic rings. The summed E-state index contributed by atoms with van der Waals surface area (Å²) in [7, 11) is 0. The number of hydrogen-bond donors (Lipinski definition) is 1. The highest BCUT2D eigenvalue weighted by molar-refractivity contribution is 6.30. The predicted molar refractivity (Wildman–Crippen MR) is 89.1 cm³/mol. The Morgan fingerprint density at radius 2 is 1.82 bits per heavy atom. The van der Waals surface area contributed by atoms with E-state index in [0.29, 0.717) is 10.7 Å². The van der Waals surface area contributed by atoms with Crippen LogP contribution in [0.15, 0.2) is 24.3 Å². The Morgan fingerprint density at radius 3 is 2.50 bits per heavy atom. The normalized spacial score (nSPS) is 18.3. The second kappa shape index (κ2) is 8.30. The van der Waals surface area contributed by atoms with Crippen LogP contribution in [0.5, 0.6) is 0 Å². The molecule has 1 aliphatic heterocycles. The molecule has 0 bridgehead atoms. The van der Waals surface area contributed by atoms with E-state index >= 15 is 0 Å². The Bertz CT molecular complexity index is 516. The van der Waals surface area contributed by atoms with E-state index in [1.54, 1.807) is 24.3 Å². The molecule has 1 heterocycles. The second-order valence-corrected chi connectivity index (χ2v) is 6.11. The minimum absolute atomic E-state index is 0.157. The van der Waals surface area contributed by atoms with Crippen LogP contribution in [0.1, 0.15) is 45.4 Å². The van der Waals surface area contributed by atoms with Crippen LogP contribution in [0.4, 0.5) is 5.69 Å². The molecule has 0 aliphatic carbocycles. The fraction of sp³-hybridized carbons (Fsp3) is 0.529. The first-order valence-corrected chi connectivity index (χ1v) is 8.37. The Hall–Kier alpha value is -1.39. The highest BCUT2D eigenvalue weighted by Gasteiger charge is 2.38. The number of nitrogens with one attached hydrogen (secondary N) is 1. The van der Waals surface area contributed by atoms with E-state index < -0.39 is 6.04 Å². The SMILES string of the molecule is CCCCCCCN[C@H]1CC(=O)N(c2ccc(Cl)cc2)C1=O. The maximum atomic E-state index is 12.4. The number of rotatable bonds is 8. The second-order valence-electron chi connectivity index (χ2n) is 5.67. The van der Waals surface area contributed by atoms with Crippen LogP contribution < -0.4 is 10.2 Å². The van der Waals surface area contributed by atoms with Crippen LogP contribution in [0.25, 0.3) is 0 Å². The minimum atomic E-state index is -0.394. The monoisotopic (exact) mass is 322 g/mol. The van der Waals surface area contributed by atoms with Crippen LogP contribution in [0, 0.1) is 0 Å².